The van der Waals surface area contributed by atoms with Crippen LogP contribution >= 0.6 is 0 Å². The second-order valence-electron chi connectivity index (χ2n) is 7.16. The van der Waals surface area contributed by atoms with Crippen molar-refractivity contribution < 1.29 is 24.0 Å². The third kappa shape index (κ3) is 5.81. The Balaban J connectivity index is 1.99. The number of anilines is 1. The van der Waals surface area contributed by atoms with Gasteiger partial charge in [0, 0.05) is 13.2 Å². The Morgan fingerprint density at radius 3 is 2.24 bits per heavy atom. The first-order valence-electron chi connectivity index (χ1n) is 10.3. The van der Waals surface area contributed by atoms with Gasteiger partial charge in [0.1, 0.15) is 12.3 Å². The minimum absolute atomic E-state index is 0.000242. The first kappa shape index (κ1) is 23.6. The Morgan fingerprint density at radius 1 is 0.970 bits per heavy atom. The highest BCUT2D eigenvalue weighted by molar-refractivity contribution is 5.99. The fourth-order valence-corrected chi connectivity index (χ4v) is 3.36. The van der Waals surface area contributed by atoms with Crippen molar-refractivity contribution in [3.63, 3.8) is 0 Å². The lowest BCUT2D eigenvalue weighted by atomic mass is 10.0. The zero-order valence-electron chi connectivity index (χ0n) is 18.4. The Labute approximate surface area is 191 Å². The molecule has 0 spiro atoms. The fourth-order valence-electron chi connectivity index (χ4n) is 3.36. The number of hydrogen-bond acceptors (Lipinski definition) is 6. The van der Waals surface area contributed by atoms with Crippen LogP contribution in [0.5, 0.6) is 0 Å². The van der Waals surface area contributed by atoms with Gasteiger partial charge in [0.15, 0.2) is 0 Å². The molecule has 1 amide bonds. The summed E-state index contributed by atoms with van der Waals surface area (Å²) in [6, 6.07) is 21.2. The summed E-state index contributed by atoms with van der Waals surface area (Å²) < 4.78 is 9.99. The molecule has 0 bridgehead atoms. The SMILES string of the molecule is CCOC(=O)c1ccc([N+](=O)[O-])c(N(Cc2ccc(-c3ccccc3)cc2)C(=O)COC)c1. The predicted molar refractivity (Wildman–Crippen MR) is 124 cm³/mol. The maximum atomic E-state index is 12.9. The molecule has 0 fully saturated rings. The van der Waals surface area contributed by atoms with E-state index in [9.17, 15) is 19.7 Å². The van der Waals surface area contributed by atoms with Crippen molar-refractivity contribution in [3.8, 4) is 11.1 Å². The van der Waals surface area contributed by atoms with Gasteiger partial charge in [-0.2, -0.15) is 0 Å². The summed E-state index contributed by atoms with van der Waals surface area (Å²) in [6.07, 6.45) is 0. The Bertz CT molecular complexity index is 1130. The number of carbonyl (C=O) groups excluding carboxylic acids is 2. The van der Waals surface area contributed by atoms with Crippen molar-refractivity contribution >= 4 is 23.3 Å². The van der Waals surface area contributed by atoms with E-state index >= 15 is 0 Å². The number of hydrogen-bond donors (Lipinski definition) is 0. The van der Waals surface area contributed by atoms with Gasteiger partial charge in [0.25, 0.3) is 11.6 Å². The lowest BCUT2D eigenvalue weighted by molar-refractivity contribution is -0.384. The second kappa shape index (κ2) is 11.0. The smallest absolute Gasteiger partial charge is 0.338 e. The average Bonchev–Trinajstić information content (AvgIpc) is 2.83. The van der Waals surface area contributed by atoms with E-state index in [1.54, 1.807) is 6.92 Å². The van der Waals surface area contributed by atoms with E-state index in [1.807, 2.05) is 54.6 Å². The van der Waals surface area contributed by atoms with Gasteiger partial charge >= 0.3 is 5.97 Å². The van der Waals surface area contributed by atoms with Crippen LogP contribution in [0.1, 0.15) is 22.8 Å². The van der Waals surface area contributed by atoms with Gasteiger partial charge in [-0.05, 0) is 35.7 Å². The number of nitrogens with zero attached hydrogens (tertiary/aromatic N) is 2. The van der Waals surface area contributed by atoms with E-state index < -0.39 is 16.8 Å². The van der Waals surface area contributed by atoms with Crippen molar-refractivity contribution in [3.05, 3.63) is 94.0 Å². The molecule has 0 N–H and O–H groups in total. The molecule has 0 aromatic heterocycles. The zero-order chi connectivity index (χ0) is 23.8. The average molecular weight is 448 g/mol. The van der Waals surface area contributed by atoms with E-state index in [-0.39, 0.29) is 36.7 Å². The van der Waals surface area contributed by atoms with E-state index in [0.29, 0.717) is 0 Å². The van der Waals surface area contributed by atoms with Crippen LogP contribution in [0.25, 0.3) is 11.1 Å². The summed E-state index contributed by atoms with van der Waals surface area (Å²) in [5, 5.41) is 11.7. The van der Waals surface area contributed by atoms with E-state index in [2.05, 4.69) is 0 Å². The molecule has 0 aliphatic carbocycles. The lowest BCUT2D eigenvalue weighted by Gasteiger charge is -2.23. The van der Waals surface area contributed by atoms with Crippen LogP contribution in [0.2, 0.25) is 0 Å². The monoisotopic (exact) mass is 448 g/mol. The van der Waals surface area contributed by atoms with Crippen LogP contribution in [-0.4, -0.2) is 37.1 Å². The molecule has 3 aromatic rings. The molecule has 0 unspecified atom stereocenters. The van der Waals surface area contributed by atoms with Crippen molar-refractivity contribution in [1.82, 2.24) is 0 Å². The zero-order valence-corrected chi connectivity index (χ0v) is 18.4. The standard InChI is InChI=1S/C25H24N2O6/c1-3-33-25(29)21-13-14-22(27(30)31)23(15-21)26(24(28)17-32-2)16-18-9-11-20(12-10-18)19-7-5-4-6-8-19/h4-15H,3,16-17H2,1-2H3. The molecule has 3 aromatic carbocycles. The minimum Gasteiger partial charge on any atom is -0.462 e. The molecule has 0 saturated heterocycles. The van der Waals surface area contributed by atoms with Gasteiger partial charge in [0.05, 0.1) is 23.6 Å². The molecule has 0 aliphatic rings. The number of nitro benzene ring substituents is 1. The lowest BCUT2D eigenvalue weighted by Crippen LogP contribution is -2.34. The molecule has 8 heteroatoms. The molecule has 170 valence electrons. The highest BCUT2D eigenvalue weighted by Gasteiger charge is 2.26. The highest BCUT2D eigenvalue weighted by atomic mass is 16.6. The summed E-state index contributed by atoms with van der Waals surface area (Å²) in [5.74, 6) is -1.10. The maximum Gasteiger partial charge on any atom is 0.338 e. The third-order valence-corrected chi connectivity index (χ3v) is 4.94. The van der Waals surface area contributed by atoms with E-state index in [4.69, 9.17) is 9.47 Å². The summed E-state index contributed by atoms with van der Waals surface area (Å²) in [6.45, 7) is 1.61. The molecule has 0 radical (unpaired) electrons. The van der Waals surface area contributed by atoms with Crippen LogP contribution in [0.3, 0.4) is 0 Å². The normalized spacial score (nSPS) is 10.5. The minimum atomic E-state index is -0.625. The number of ether oxygens (including phenoxy) is 2. The predicted octanol–water partition coefficient (Wildman–Crippen LogP) is 4.62. The molecule has 0 aliphatic heterocycles. The molecular weight excluding hydrogens is 424 g/mol. The van der Waals surface area contributed by atoms with Crippen molar-refractivity contribution in [2.24, 2.45) is 0 Å². The molecule has 33 heavy (non-hydrogen) atoms. The number of methoxy groups -OCH3 is 1. The van der Waals surface area contributed by atoms with E-state index in [0.717, 1.165) is 16.7 Å². The van der Waals surface area contributed by atoms with E-state index in [1.165, 1.54) is 30.2 Å². The highest BCUT2D eigenvalue weighted by Crippen LogP contribution is 2.31. The number of amides is 1. The van der Waals surface area contributed by atoms with Crippen LogP contribution in [0.4, 0.5) is 11.4 Å². The largest absolute Gasteiger partial charge is 0.462 e. The number of rotatable bonds is 9. The maximum absolute atomic E-state index is 12.9. The molecule has 0 saturated carbocycles. The third-order valence-electron chi connectivity index (χ3n) is 4.94. The molecule has 0 atom stereocenters. The van der Waals surface area contributed by atoms with Gasteiger partial charge < -0.3 is 9.47 Å². The Kier molecular flexibility index (Phi) is 7.88. The molecule has 8 nitrogen and oxygen atoms in total. The molecular formula is C25H24N2O6. The summed E-state index contributed by atoms with van der Waals surface area (Å²) in [7, 11) is 1.37. The van der Waals surface area contributed by atoms with Crippen LogP contribution < -0.4 is 4.90 Å². The fraction of sp³-hybridized carbons (Fsp3) is 0.200. The van der Waals surface area contributed by atoms with Crippen LogP contribution in [0, 0.1) is 10.1 Å². The van der Waals surface area contributed by atoms with Crippen molar-refractivity contribution in [1.29, 1.82) is 0 Å². The summed E-state index contributed by atoms with van der Waals surface area (Å²) in [4.78, 5) is 37.4. The number of nitro groups is 1. The quantitative estimate of drug-likeness (QED) is 0.269. The van der Waals surface area contributed by atoms with Crippen molar-refractivity contribution in [2.75, 3.05) is 25.2 Å². The van der Waals surface area contributed by atoms with Gasteiger partial charge in [-0.1, -0.05) is 54.6 Å². The number of carbonyl (C=O) groups is 2. The van der Waals surface area contributed by atoms with Gasteiger partial charge in [0.2, 0.25) is 0 Å². The van der Waals surface area contributed by atoms with Gasteiger partial charge in [-0.15, -0.1) is 0 Å². The van der Waals surface area contributed by atoms with Gasteiger partial charge in [-0.3, -0.25) is 19.8 Å². The molecule has 3 rings (SSSR count). The van der Waals surface area contributed by atoms with Crippen LogP contribution in [0.15, 0.2) is 72.8 Å². The summed E-state index contributed by atoms with van der Waals surface area (Å²) in [5.41, 5.74) is 2.63. The first-order valence-corrected chi connectivity index (χ1v) is 10.3. The second-order valence-corrected chi connectivity index (χ2v) is 7.16. The van der Waals surface area contributed by atoms with Gasteiger partial charge in [-0.25, -0.2) is 4.79 Å². The topological polar surface area (TPSA) is 99.0 Å². The number of esters is 1. The first-order chi connectivity index (χ1) is 15.9. The Hall–Kier alpha value is -4.04. The van der Waals surface area contributed by atoms with Crippen LogP contribution in [-0.2, 0) is 20.8 Å². The molecule has 0 heterocycles. The number of benzene rings is 3. The Morgan fingerprint density at radius 2 is 1.64 bits per heavy atom. The summed E-state index contributed by atoms with van der Waals surface area (Å²) >= 11 is 0. The van der Waals surface area contributed by atoms with Crippen molar-refractivity contribution in [2.45, 2.75) is 13.5 Å².